The molecule has 6 heteroatoms. The molecule has 1 amide bonds. The number of anilines is 1. The molecule has 6 nitrogen and oxygen atoms in total. The lowest BCUT2D eigenvalue weighted by molar-refractivity contribution is -0.121. The molecule has 0 aliphatic carbocycles. The summed E-state index contributed by atoms with van der Waals surface area (Å²) in [5.41, 5.74) is 0.345. The summed E-state index contributed by atoms with van der Waals surface area (Å²) in [7, 11) is 0. The number of H-pyrrole nitrogens is 1. The summed E-state index contributed by atoms with van der Waals surface area (Å²) in [5, 5.41) is 11.6. The molecular weight excluding hydrogens is 208 g/mol. The molecule has 0 bridgehead atoms. The minimum atomic E-state index is -0.267. The molecule has 88 valence electrons. The van der Waals surface area contributed by atoms with E-state index >= 15 is 0 Å². The van der Waals surface area contributed by atoms with Gasteiger partial charge in [-0.2, -0.15) is 5.10 Å². The van der Waals surface area contributed by atoms with Crippen LogP contribution in [0.15, 0.2) is 17.1 Å². The lowest BCUT2D eigenvalue weighted by Gasteiger charge is -2.08. The minimum Gasteiger partial charge on any atom is -0.383 e. The van der Waals surface area contributed by atoms with E-state index in [4.69, 9.17) is 0 Å². The number of carbonyl (C=O) groups excluding carboxylic acids is 1. The molecule has 1 aromatic heterocycles. The van der Waals surface area contributed by atoms with Gasteiger partial charge in [0, 0.05) is 25.1 Å². The predicted molar refractivity (Wildman–Crippen MR) is 61.2 cm³/mol. The molecule has 1 aromatic rings. The summed E-state index contributed by atoms with van der Waals surface area (Å²) in [5.74, 6) is -0.0136. The monoisotopic (exact) mass is 224 g/mol. The first-order valence-electron chi connectivity index (χ1n) is 5.16. The molecule has 0 radical (unpaired) electrons. The Balaban J connectivity index is 2.31. The van der Waals surface area contributed by atoms with Crippen LogP contribution in [-0.4, -0.2) is 28.7 Å². The molecule has 0 saturated heterocycles. The maximum Gasteiger partial charge on any atom is 0.266 e. The van der Waals surface area contributed by atoms with Gasteiger partial charge >= 0.3 is 0 Å². The van der Waals surface area contributed by atoms with Gasteiger partial charge in [-0.1, -0.05) is 0 Å². The zero-order chi connectivity index (χ0) is 12.0. The molecule has 0 unspecified atom stereocenters. The van der Waals surface area contributed by atoms with Crippen molar-refractivity contribution in [3.8, 4) is 0 Å². The summed E-state index contributed by atoms with van der Waals surface area (Å²) in [4.78, 5) is 22.2. The Labute approximate surface area is 93.5 Å². The lowest BCUT2D eigenvalue weighted by atomic mass is 10.3. The van der Waals surface area contributed by atoms with E-state index in [0.717, 1.165) is 0 Å². The number of rotatable bonds is 5. The van der Waals surface area contributed by atoms with E-state index in [1.165, 1.54) is 12.3 Å². The van der Waals surface area contributed by atoms with Crippen LogP contribution in [0, 0.1) is 0 Å². The van der Waals surface area contributed by atoms with Crippen molar-refractivity contribution >= 4 is 11.6 Å². The van der Waals surface area contributed by atoms with Crippen molar-refractivity contribution in [2.24, 2.45) is 0 Å². The molecule has 0 atom stereocenters. The summed E-state index contributed by atoms with van der Waals surface area (Å²) in [6.07, 6.45) is 1.87. The Hall–Kier alpha value is -1.85. The molecule has 16 heavy (non-hydrogen) atoms. The zero-order valence-corrected chi connectivity index (χ0v) is 9.41. The molecule has 0 saturated carbocycles. The van der Waals surface area contributed by atoms with Gasteiger partial charge in [-0.3, -0.25) is 9.59 Å². The van der Waals surface area contributed by atoms with Gasteiger partial charge in [0.1, 0.15) is 0 Å². The molecule has 0 aromatic carbocycles. The van der Waals surface area contributed by atoms with Crippen molar-refractivity contribution in [1.82, 2.24) is 15.5 Å². The second kappa shape index (κ2) is 5.89. The number of aromatic amines is 1. The van der Waals surface area contributed by atoms with Crippen molar-refractivity contribution in [3.05, 3.63) is 22.6 Å². The number of nitrogens with one attached hydrogen (secondary N) is 3. The predicted octanol–water partition coefficient (Wildman–Crippen LogP) is 0.0965. The van der Waals surface area contributed by atoms with Crippen molar-refractivity contribution in [1.29, 1.82) is 0 Å². The standard InChI is InChI=1S/C10H16N4O2/c1-7(2)13-9(15)3-4-11-8-5-10(16)14-12-6-8/h5-7H,3-4H2,1-2H3,(H,13,15)(H2,11,14,16). The van der Waals surface area contributed by atoms with Gasteiger partial charge in [0.2, 0.25) is 5.91 Å². The molecular formula is C10H16N4O2. The van der Waals surface area contributed by atoms with Gasteiger partial charge in [0.05, 0.1) is 11.9 Å². The number of nitrogens with zero attached hydrogens (tertiary/aromatic N) is 1. The highest BCUT2D eigenvalue weighted by atomic mass is 16.1. The SMILES string of the molecule is CC(C)NC(=O)CCNc1cn[nH]c(=O)c1. The maximum absolute atomic E-state index is 11.3. The van der Waals surface area contributed by atoms with Crippen LogP contribution in [0.2, 0.25) is 0 Å². The van der Waals surface area contributed by atoms with Crippen LogP contribution in [0.5, 0.6) is 0 Å². The van der Waals surface area contributed by atoms with Gasteiger partial charge in [0.15, 0.2) is 0 Å². The minimum absolute atomic E-state index is 0.0136. The summed E-state index contributed by atoms with van der Waals surface area (Å²) >= 11 is 0. The molecule has 1 heterocycles. The number of carbonyl (C=O) groups is 1. The molecule has 1 rings (SSSR count). The third kappa shape index (κ3) is 4.59. The van der Waals surface area contributed by atoms with Crippen LogP contribution >= 0.6 is 0 Å². The second-order valence-electron chi connectivity index (χ2n) is 3.73. The van der Waals surface area contributed by atoms with Crippen LogP contribution in [0.4, 0.5) is 5.69 Å². The highest BCUT2D eigenvalue weighted by Crippen LogP contribution is 1.98. The average molecular weight is 224 g/mol. The van der Waals surface area contributed by atoms with Crippen LogP contribution in [-0.2, 0) is 4.79 Å². The first-order valence-corrected chi connectivity index (χ1v) is 5.16. The van der Waals surface area contributed by atoms with E-state index in [9.17, 15) is 9.59 Å². The summed E-state index contributed by atoms with van der Waals surface area (Å²) < 4.78 is 0. The van der Waals surface area contributed by atoms with Crippen molar-refractivity contribution in [2.45, 2.75) is 26.3 Å². The van der Waals surface area contributed by atoms with Gasteiger partial charge in [-0.25, -0.2) is 5.10 Å². The fourth-order valence-corrected chi connectivity index (χ4v) is 1.19. The van der Waals surface area contributed by atoms with Gasteiger partial charge in [-0.05, 0) is 13.8 Å². The number of aromatic nitrogens is 2. The Morgan fingerprint density at radius 3 is 2.94 bits per heavy atom. The number of hydrogen-bond donors (Lipinski definition) is 3. The third-order valence-corrected chi connectivity index (χ3v) is 1.80. The third-order valence-electron chi connectivity index (χ3n) is 1.80. The van der Waals surface area contributed by atoms with E-state index in [1.54, 1.807) is 0 Å². The van der Waals surface area contributed by atoms with E-state index in [2.05, 4.69) is 20.8 Å². The fourth-order valence-electron chi connectivity index (χ4n) is 1.19. The average Bonchev–Trinajstić information content (AvgIpc) is 2.16. The summed E-state index contributed by atoms with van der Waals surface area (Å²) in [6.45, 7) is 4.29. The first-order chi connectivity index (χ1) is 7.58. The number of amides is 1. The van der Waals surface area contributed by atoms with E-state index < -0.39 is 0 Å². The lowest BCUT2D eigenvalue weighted by Crippen LogP contribution is -2.31. The van der Waals surface area contributed by atoms with Crippen LogP contribution in [0.3, 0.4) is 0 Å². The van der Waals surface area contributed by atoms with E-state index in [1.807, 2.05) is 13.8 Å². The van der Waals surface area contributed by atoms with E-state index in [0.29, 0.717) is 18.7 Å². The van der Waals surface area contributed by atoms with Crippen LogP contribution < -0.4 is 16.2 Å². The molecule has 0 aliphatic rings. The molecule has 3 N–H and O–H groups in total. The summed E-state index contributed by atoms with van der Waals surface area (Å²) in [6, 6.07) is 1.54. The number of hydrogen-bond acceptors (Lipinski definition) is 4. The topological polar surface area (TPSA) is 86.9 Å². The second-order valence-corrected chi connectivity index (χ2v) is 3.73. The Bertz CT molecular complexity index is 400. The van der Waals surface area contributed by atoms with E-state index in [-0.39, 0.29) is 17.5 Å². The first kappa shape index (κ1) is 12.2. The Kier molecular flexibility index (Phi) is 4.50. The van der Waals surface area contributed by atoms with Crippen molar-refractivity contribution in [3.63, 3.8) is 0 Å². The highest BCUT2D eigenvalue weighted by Gasteiger charge is 2.02. The van der Waals surface area contributed by atoms with Crippen molar-refractivity contribution in [2.75, 3.05) is 11.9 Å². The Morgan fingerprint density at radius 1 is 1.56 bits per heavy atom. The Morgan fingerprint density at radius 2 is 2.31 bits per heavy atom. The largest absolute Gasteiger partial charge is 0.383 e. The zero-order valence-electron chi connectivity index (χ0n) is 9.41. The molecule has 0 spiro atoms. The molecule has 0 fully saturated rings. The van der Waals surface area contributed by atoms with Gasteiger partial charge < -0.3 is 10.6 Å². The maximum atomic E-state index is 11.3. The molecule has 0 aliphatic heterocycles. The van der Waals surface area contributed by atoms with Crippen LogP contribution in [0.1, 0.15) is 20.3 Å². The highest BCUT2D eigenvalue weighted by molar-refractivity contribution is 5.76. The van der Waals surface area contributed by atoms with Crippen LogP contribution in [0.25, 0.3) is 0 Å². The van der Waals surface area contributed by atoms with Gasteiger partial charge in [0.25, 0.3) is 5.56 Å². The quantitative estimate of drug-likeness (QED) is 0.662. The fraction of sp³-hybridized carbons (Fsp3) is 0.500. The smallest absolute Gasteiger partial charge is 0.266 e. The van der Waals surface area contributed by atoms with Crippen molar-refractivity contribution < 1.29 is 4.79 Å². The normalized spacial score (nSPS) is 10.2. The van der Waals surface area contributed by atoms with Gasteiger partial charge in [-0.15, -0.1) is 0 Å².